The molecule has 0 saturated heterocycles. The molecule has 7 heteroatoms. The Labute approximate surface area is 172 Å². The minimum absolute atomic E-state index is 0.280. The molecule has 4 rings (SSSR count). The van der Waals surface area contributed by atoms with E-state index in [0.29, 0.717) is 21.9 Å². The second-order valence-corrected chi connectivity index (χ2v) is 8.20. The lowest BCUT2D eigenvalue weighted by atomic mass is 10.0. The van der Waals surface area contributed by atoms with Gasteiger partial charge in [0.15, 0.2) is 0 Å². The van der Waals surface area contributed by atoms with Gasteiger partial charge in [0.05, 0.1) is 24.0 Å². The van der Waals surface area contributed by atoms with Crippen molar-refractivity contribution in [2.45, 2.75) is 13.0 Å². The quantitative estimate of drug-likeness (QED) is 0.606. The number of quaternary nitrogens is 1. The third-order valence-corrected chi connectivity index (χ3v) is 6.07. The van der Waals surface area contributed by atoms with Crippen LogP contribution in [0.2, 0.25) is 0 Å². The first-order valence-corrected chi connectivity index (χ1v) is 10.2. The Morgan fingerprint density at radius 2 is 1.76 bits per heavy atom. The van der Waals surface area contributed by atoms with Crippen molar-refractivity contribution in [2.75, 3.05) is 18.9 Å². The van der Waals surface area contributed by atoms with Crippen molar-refractivity contribution in [1.29, 1.82) is 0 Å². The first-order valence-electron chi connectivity index (χ1n) is 9.41. The van der Waals surface area contributed by atoms with E-state index in [1.807, 2.05) is 30.3 Å². The summed E-state index contributed by atoms with van der Waals surface area (Å²) < 4.78 is 5.75. The van der Waals surface area contributed by atoms with Gasteiger partial charge in [-0.05, 0) is 42.0 Å². The average Bonchev–Trinajstić information content (AvgIpc) is 3.06. The molecule has 3 aromatic rings. The van der Waals surface area contributed by atoms with Gasteiger partial charge in [-0.2, -0.15) is 0 Å². The number of nitrogens with two attached hydrogens (primary N) is 1. The molecule has 0 radical (unpaired) electrons. The number of amides is 2. The molecule has 1 aliphatic heterocycles. The van der Waals surface area contributed by atoms with E-state index in [1.54, 1.807) is 24.3 Å². The van der Waals surface area contributed by atoms with Crippen molar-refractivity contribution in [3.8, 4) is 11.5 Å². The van der Waals surface area contributed by atoms with Gasteiger partial charge in [0.1, 0.15) is 23.0 Å². The van der Waals surface area contributed by atoms with Crippen molar-refractivity contribution in [3.63, 3.8) is 0 Å². The molecule has 0 spiro atoms. The van der Waals surface area contributed by atoms with Crippen LogP contribution in [0.5, 0.6) is 11.5 Å². The summed E-state index contributed by atoms with van der Waals surface area (Å²) in [4.78, 5) is 27.3. The molecule has 29 heavy (non-hydrogen) atoms. The van der Waals surface area contributed by atoms with Gasteiger partial charge in [-0.1, -0.05) is 18.2 Å². The largest absolute Gasteiger partial charge is 0.457 e. The first-order chi connectivity index (χ1) is 14.0. The molecule has 1 aromatic heterocycles. The Morgan fingerprint density at radius 3 is 2.45 bits per heavy atom. The minimum Gasteiger partial charge on any atom is -0.457 e. The van der Waals surface area contributed by atoms with Gasteiger partial charge in [-0.15, -0.1) is 11.3 Å². The number of rotatable bonds is 5. The maximum Gasteiger partial charge on any atom is 0.256 e. The maximum absolute atomic E-state index is 12.7. The SMILES string of the molecule is C[NH+]1CCc2c(sc(NC(=O)c3ccc(Oc4ccccc4)cc3)c2C(N)=O)C1. The molecule has 0 aliphatic carbocycles. The number of likely N-dealkylation sites (N-methyl/N-ethyl adjacent to an activating group) is 1. The fourth-order valence-corrected chi connectivity index (χ4v) is 4.81. The van der Waals surface area contributed by atoms with Gasteiger partial charge in [0, 0.05) is 12.0 Å². The van der Waals surface area contributed by atoms with E-state index in [9.17, 15) is 9.59 Å². The van der Waals surface area contributed by atoms with Gasteiger partial charge in [0.25, 0.3) is 11.8 Å². The number of hydrogen-bond donors (Lipinski definition) is 3. The minimum atomic E-state index is -0.496. The molecule has 0 bridgehead atoms. The summed E-state index contributed by atoms with van der Waals surface area (Å²) in [5.74, 6) is 0.595. The number of anilines is 1. The number of ether oxygens (including phenoxy) is 1. The van der Waals surface area contributed by atoms with E-state index in [2.05, 4.69) is 12.4 Å². The fourth-order valence-electron chi connectivity index (χ4n) is 3.44. The van der Waals surface area contributed by atoms with Crippen LogP contribution in [0.4, 0.5) is 5.00 Å². The smallest absolute Gasteiger partial charge is 0.256 e. The molecule has 4 N–H and O–H groups in total. The van der Waals surface area contributed by atoms with E-state index >= 15 is 0 Å². The Bertz CT molecular complexity index is 1050. The normalized spacial score (nSPS) is 15.4. The number of nitrogens with one attached hydrogen (secondary N) is 2. The molecule has 148 valence electrons. The Kier molecular flexibility index (Phi) is 5.33. The van der Waals surface area contributed by atoms with Crippen LogP contribution in [0.15, 0.2) is 54.6 Å². The zero-order valence-electron chi connectivity index (χ0n) is 16.0. The number of fused-ring (bicyclic) bond motifs is 1. The van der Waals surface area contributed by atoms with Crippen LogP contribution in [0.3, 0.4) is 0 Å². The lowest BCUT2D eigenvalue weighted by Gasteiger charge is -2.19. The van der Waals surface area contributed by atoms with E-state index < -0.39 is 5.91 Å². The molecule has 1 atom stereocenters. The number of primary amides is 1. The van der Waals surface area contributed by atoms with E-state index in [-0.39, 0.29) is 5.91 Å². The highest BCUT2D eigenvalue weighted by molar-refractivity contribution is 7.17. The van der Waals surface area contributed by atoms with E-state index in [1.165, 1.54) is 16.2 Å². The second kappa shape index (κ2) is 8.06. The predicted octanol–water partition coefficient (Wildman–Crippen LogP) is 2.46. The summed E-state index contributed by atoms with van der Waals surface area (Å²) in [6.07, 6.45) is 0.789. The summed E-state index contributed by atoms with van der Waals surface area (Å²) in [6, 6.07) is 16.3. The van der Waals surface area contributed by atoms with Crippen molar-refractivity contribution in [3.05, 3.63) is 76.2 Å². The van der Waals surface area contributed by atoms with Crippen molar-refractivity contribution >= 4 is 28.2 Å². The van der Waals surface area contributed by atoms with Crippen molar-refractivity contribution < 1.29 is 19.2 Å². The first kappa shape index (κ1) is 19.2. The number of carbonyl (C=O) groups excluding carboxylic acids is 2. The van der Waals surface area contributed by atoms with Crippen LogP contribution in [-0.2, 0) is 13.0 Å². The molecule has 1 unspecified atom stereocenters. The van der Waals surface area contributed by atoms with Gasteiger partial charge in [0.2, 0.25) is 0 Å². The van der Waals surface area contributed by atoms with Crippen LogP contribution in [-0.4, -0.2) is 25.4 Å². The zero-order chi connectivity index (χ0) is 20.4. The van der Waals surface area contributed by atoms with Crippen molar-refractivity contribution in [1.82, 2.24) is 0 Å². The van der Waals surface area contributed by atoms with E-state index in [4.69, 9.17) is 10.5 Å². The number of para-hydroxylation sites is 1. The lowest BCUT2D eigenvalue weighted by molar-refractivity contribution is -0.895. The summed E-state index contributed by atoms with van der Waals surface area (Å²) in [6.45, 7) is 1.78. The van der Waals surface area contributed by atoms with Crippen molar-refractivity contribution in [2.24, 2.45) is 5.73 Å². The number of thiophene rings is 1. The fraction of sp³-hybridized carbons (Fsp3) is 0.182. The van der Waals surface area contributed by atoms with Crippen LogP contribution >= 0.6 is 11.3 Å². The van der Waals surface area contributed by atoms with E-state index in [0.717, 1.165) is 35.7 Å². The van der Waals surface area contributed by atoms with Gasteiger partial charge >= 0.3 is 0 Å². The summed E-state index contributed by atoms with van der Waals surface area (Å²) in [5.41, 5.74) is 7.53. The van der Waals surface area contributed by atoms with Gasteiger partial charge in [-0.25, -0.2) is 0 Å². The molecular formula is C22H22N3O3S+. The lowest BCUT2D eigenvalue weighted by Crippen LogP contribution is -3.08. The maximum atomic E-state index is 12.7. The number of hydrogen-bond acceptors (Lipinski definition) is 4. The second-order valence-electron chi connectivity index (χ2n) is 7.10. The zero-order valence-corrected chi connectivity index (χ0v) is 16.8. The summed E-state index contributed by atoms with van der Waals surface area (Å²) in [7, 11) is 2.12. The molecule has 0 fully saturated rings. The summed E-state index contributed by atoms with van der Waals surface area (Å²) in [5, 5.41) is 3.41. The molecule has 6 nitrogen and oxygen atoms in total. The van der Waals surface area contributed by atoms with Gasteiger partial charge in [-0.3, -0.25) is 9.59 Å². The highest BCUT2D eigenvalue weighted by Crippen LogP contribution is 2.34. The third-order valence-electron chi connectivity index (χ3n) is 4.92. The Hall–Kier alpha value is -3.16. The standard InChI is InChI=1S/C22H21N3O3S/c1-25-12-11-17-18(13-25)29-22(19(17)20(23)26)24-21(27)14-7-9-16(10-8-14)28-15-5-3-2-4-6-15/h2-10H,11-13H2,1H3,(H2,23,26)(H,24,27)/p+1. The molecule has 2 heterocycles. The van der Waals surface area contributed by atoms with Crippen LogP contribution in [0.1, 0.15) is 31.2 Å². The average molecular weight is 409 g/mol. The monoisotopic (exact) mass is 408 g/mol. The Balaban J connectivity index is 1.52. The third kappa shape index (κ3) is 4.16. The molecule has 2 aromatic carbocycles. The highest BCUT2D eigenvalue weighted by Gasteiger charge is 2.28. The molecular weight excluding hydrogens is 386 g/mol. The van der Waals surface area contributed by atoms with Crippen LogP contribution in [0, 0.1) is 0 Å². The highest BCUT2D eigenvalue weighted by atomic mass is 32.1. The summed E-state index contributed by atoms with van der Waals surface area (Å²) >= 11 is 1.44. The molecule has 0 saturated carbocycles. The molecule has 2 amide bonds. The van der Waals surface area contributed by atoms with Gasteiger partial charge < -0.3 is 20.7 Å². The number of benzene rings is 2. The molecule has 1 aliphatic rings. The predicted molar refractivity (Wildman–Crippen MR) is 113 cm³/mol. The van der Waals surface area contributed by atoms with Crippen LogP contribution < -0.4 is 20.7 Å². The van der Waals surface area contributed by atoms with Crippen LogP contribution in [0.25, 0.3) is 0 Å². The Morgan fingerprint density at radius 1 is 1.07 bits per heavy atom. The topological polar surface area (TPSA) is 85.9 Å². The number of carbonyl (C=O) groups is 2.